The second-order valence-electron chi connectivity index (χ2n) is 17.2. The lowest BCUT2D eigenvalue weighted by Crippen LogP contribution is -2.50. The van der Waals surface area contributed by atoms with Crippen molar-refractivity contribution < 1.29 is 61.9 Å². The molecular weight excluding hydrogens is 837 g/mol. The molecule has 0 spiro atoms. The Morgan fingerprint density at radius 2 is 1.08 bits per heavy atom. The highest BCUT2D eigenvalue weighted by atomic mass is 32.1. The Balaban J connectivity index is 1.75. The van der Waals surface area contributed by atoms with Gasteiger partial charge in [-0.15, -0.1) is 4.37 Å². The first-order valence-electron chi connectivity index (χ1n) is 23.0. The Bertz CT molecular complexity index is 1530. The summed E-state index contributed by atoms with van der Waals surface area (Å²) in [6, 6.07) is 0. The predicted octanol–water partition coefficient (Wildman–Crippen LogP) is 7.30. The first-order chi connectivity index (χ1) is 29.9. The van der Waals surface area contributed by atoms with Gasteiger partial charge < -0.3 is 43.0 Å². The van der Waals surface area contributed by atoms with Crippen LogP contribution < -0.4 is 9.64 Å². The van der Waals surface area contributed by atoms with E-state index in [9.17, 15) is 28.8 Å². The van der Waals surface area contributed by atoms with Gasteiger partial charge in [0.05, 0.1) is 31.5 Å². The van der Waals surface area contributed by atoms with Crippen LogP contribution in [0.15, 0.2) is 0 Å². The molecular formula is C45H76N4O13S. The molecule has 0 bridgehead atoms. The number of carbonyl (C=O) groups excluding carboxylic acids is 6. The number of anilines is 1. The van der Waals surface area contributed by atoms with Gasteiger partial charge in [0.25, 0.3) is 5.88 Å². The smallest absolute Gasteiger partial charge is 0.347 e. The van der Waals surface area contributed by atoms with Crippen LogP contribution in [0.2, 0.25) is 0 Å². The molecule has 17 nitrogen and oxygen atoms in total. The van der Waals surface area contributed by atoms with Crippen LogP contribution in [0.4, 0.5) is 5.82 Å². The van der Waals surface area contributed by atoms with E-state index < -0.39 is 65.9 Å². The number of ether oxygens (including phenoxy) is 7. The van der Waals surface area contributed by atoms with Gasteiger partial charge in [-0.3, -0.25) is 9.59 Å². The maximum Gasteiger partial charge on any atom is 0.347 e. The lowest BCUT2D eigenvalue weighted by atomic mass is 10.0. The number of hydrogen-bond acceptors (Lipinski definition) is 17. The van der Waals surface area contributed by atoms with E-state index in [1.54, 1.807) is 0 Å². The van der Waals surface area contributed by atoms with E-state index in [1.807, 2.05) is 25.7 Å². The lowest BCUT2D eigenvalue weighted by molar-refractivity contribution is -0.186. The summed E-state index contributed by atoms with van der Waals surface area (Å²) in [4.78, 5) is 79.9. The number of nitrogens with zero attached hydrogens (tertiary/aromatic N) is 4. The van der Waals surface area contributed by atoms with E-state index in [1.165, 1.54) is 110 Å². The van der Waals surface area contributed by atoms with Crippen LogP contribution in [0.5, 0.6) is 5.88 Å². The molecule has 1 aromatic heterocycles. The van der Waals surface area contributed by atoms with E-state index in [0.717, 1.165) is 31.0 Å². The molecule has 360 valence electrons. The fraction of sp³-hybridized carbons (Fsp3) is 0.822. The van der Waals surface area contributed by atoms with Crippen molar-refractivity contribution in [3.8, 4) is 5.88 Å². The zero-order valence-electron chi connectivity index (χ0n) is 39.4. The van der Waals surface area contributed by atoms with Crippen LogP contribution in [-0.4, -0.2) is 125 Å². The van der Waals surface area contributed by atoms with Gasteiger partial charge in [-0.2, -0.15) is 4.37 Å². The average Bonchev–Trinajstić information content (AvgIpc) is 3.71. The van der Waals surface area contributed by atoms with Crippen molar-refractivity contribution in [2.75, 3.05) is 44.4 Å². The predicted molar refractivity (Wildman–Crippen MR) is 237 cm³/mol. The Kier molecular flexibility index (Phi) is 26.4. The Hall–Kier alpha value is -4.06. The molecule has 63 heavy (non-hydrogen) atoms. The standard InChI is InChI=1S/C45H76N4O13S/c1-10-11-12-13-14-15-16-17-18-19-20-21-22-23-24-25-38(51)58-32(2)41(52)59-33(3)42(53)60-34(4)43(54)61-35(5)44(55)62-37(30-49(36(6)50)45(7,8)9)31-57-40-39(46-63-47-40)48-26-28-56-29-27-48/h32-35,37H,10-31H2,1-9H3/t32-,33-,34-,35-,37-/m0/s1. The van der Waals surface area contributed by atoms with Crippen molar-refractivity contribution in [3.63, 3.8) is 0 Å². The first-order valence-corrected chi connectivity index (χ1v) is 23.7. The number of unbranched alkanes of at least 4 members (excludes halogenated alkanes) is 14. The molecule has 2 heterocycles. The van der Waals surface area contributed by atoms with Crippen molar-refractivity contribution >= 4 is 53.3 Å². The van der Waals surface area contributed by atoms with Gasteiger partial charge in [-0.25, -0.2) is 19.2 Å². The van der Waals surface area contributed by atoms with Crippen molar-refractivity contribution in [1.82, 2.24) is 13.6 Å². The molecule has 1 fully saturated rings. The summed E-state index contributed by atoms with van der Waals surface area (Å²) < 4.78 is 46.5. The first kappa shape index (κ1) is 55.1. The topological polar surface area (TPSA) is 199 Å². The number of amides is 1. The quantitative estimate of drug-likeness (QED) is 0.0408. The fourth-order valence-corrected chi connectivity index (χ4v) is 7.29. The number of aromatic nitrogens is 2. The number of carbonyl (C=O) groups is 6. The van der Waals surface area contributed by atoms with E-state index in [2.05, 4.69) is 15.7 Å². The van der Waals surface area contributed by atoms with Crippen molar-refractivity contribution in [2.45, 2.75) is 201 Å². The molecule has 2 rings (SSSR count). The summed E-state index contributed by atoms with van der Waals surface area (Å²) in [6.07, 6.45) is 11.6. The minimum absolute atomic E-state index is 0.0440. The molecule has 5 atom stereocenters. The molecule has 1 aliphatic heterocycles. The third-order valence-corrected chi connectivity index (χ3v) is 11.0. The molecule has 0 radical (unpaired) electrons. The zero-order chi connectivity index (χ0) is 46.8. The van der Waals surface area contributed by atoms with Crippen LogP contribution in [0.3, 0.4) is 0 Å². The van der Waals surface area contributed by atoms with Crippen molar-refractivity contribution in [1.29, 1.82) is 0 Å². The Morgan fingerprint density at radius 3 is 1.52 bits per heavy atom. The minimum Gasteiger partial charge on any atom is -0.470 e. The van der Waals surface area contributed by atoms with Gasteiger partial charge in [-0.1, -0.05) is 96.8 Å². The highest BCUT2D eigenvalue weighted by molar-refractivity contribution is 6.99. The number of rotatable bonds is 31. The monoisotopic (exact) mass is 913 g/mol. The summed E-state index contributed by atoms with van der Waals surface area (Å²) >= 11 is 0.966. The Morgan fingerprint density at radius 1 is 0.651 bits per heavy atom. The average molecular weight is 913 g/mol. The van der Waals surface area contributed by atoms with Crippen LogP contribution in [0, 0.1) is 0 Å². The molecule has 0 aliphatic carbocycles. The number of hydrogen-bond donors (Lipinski definition) is 0. The summed E-state index contributed by atoms with van der Waals surface area (Å²) in [5.41, 5.74) is -0.631. The van der Waals surface area contributed by atoms with Gasteiger partial charge in [0.15, 0.2) is 30.5 Å². The number of morpholine rings is 1. The van der Waals surface area contributed by atoms with Crippen LogP contribution in [0.1, 0.15) is 165 Å². The largest absolute Gasteiger partial charge is 0.470 e. The lowest BCUT2D eigenvalue weighted by Gasteiger charge is -2.37. The third kappa shape index (κ3) is 22.4. The molecule has 1 aliphatic rings. The van der Waals surface area contributed by atoms with E-state index >= 15 is 0 Å². The van der Waals surface area contributed by atoms with E-state index in [0.29, 0.717) is 38.5 Å². The molecule has 18 heteroatoms. The van der Waals surface area contributed by atoms with Gasteiger partial charge in [0.1, 0.15) is 6.61 Å². The summed E-state index contributed by atoms with van der Waals surface area (Å²) in [5, 5.41) is 0. The minimum atomic E-state index is -1.50. The van der Waals surface area contributed by atoms with Crippen molar-refractivity contribution in [3.05, 3.63) is 0 Å². The SMILES string of the molecule is CCCCCCCCCCCCCCCCCC(=O)O[C@@H](C)C(=O)O[C@@H](C)C(=O)O[C@@H](C)C(=O)O[C@@H](C)C(=O)O[C@H](COc1nsnc1N1CCOCC1)CN(C(C)=O)C(C)(C)C. The van der Waals surface area contributed by atoms with Gasteiger partial charge in [-0.05, 0) is 54.9 Å². The molecule has 0 aromatic carbocycles. The zero-order valence-corrected chi connectivity index (χ0v) is 40.3. The van der Waals surface area contributed by atoms with Crippen LogP contribution in [-0.2, 0) is 57.2 Å². The van der Waals surface area contributed by atoms with Crippen LogP contribution in [0.25, 0.3) is 0 Å². The highest BCUT2D eigenvalue weighted by Crippen LogP contribution is 2.27. The van der Waals surface area contributed by atoms with E-state index in [4.69, 9.17) is 33.2 Å². The van der Waals surface area contributed by atoms with E-state index in [-0.39, 0.29) is 31.4 Å². The maximum absolute atomic E-state index is 13.3. The normalized spacial score (nSPS) is 15.3. The third-order valence-electron chi connectivity index (χ3n) is 10.5. The summed E-state index contributed by atoms with van der Waals surface area (Å²) in [5.74, 6) is -4.04. The van der Waals surface area contributed by atoms with Gasteiger partial charge >= 0.3 is 29.8 Å². The molecule has 0 saturated carbocycles. The highest BCUT2D eigenvalue weighted by Gasteiger charge is 2.34. The molecule has 0 unspecified atom stereocenters. The van der Waals surface area contributed by atoms with Crippen molar-refractivity contribution in [2.24, 2.45) is 0 Å². The summed E-state index contributed by atoms with van der Waals surface area (Å²) in [7, 11) is 0. The molecule has 0 N–H and O–H groups in total. The second kappa shape index (κ2) is 30.1. The number of esters is 5. The van der Waals surface area contributed by atoms with Crippen LogP contribution >= 0.6 is 11.7 Å². The van der Waals surface area contributed by atoms with Gasteiger partial charge in [0.2, 0.25) is 11.7 Å². The summed E-state index contributed by atoms with van der Waals surface area (Å²) in [6.45, 7) is 16.3. The molecule has 1 aromatic rings. The Labute approximate surface area is 379 Å². The fourth-order valence-electron chi connectivity index (χ4n) is 6.77. The second-order valence-corrected chi connectivity index (χ2v) is 17.8. The molecule has 1 saturated heterocycles. The van der Waals surface area contributed by atoms with Gasteiger partial charge in [0, 0.05) is 32.0 Å². The maximum atomic E-state index is 13.3. The molecule has 1 amide bonds.